The van der Waals surface area contributed by atoms with Crippen molar-refractivity contribution in [3.05, 3.63) is 23.7 Å². The van der Waals surface area contributed by atoms with Crippen LogP contribution >= 0.6 is 11.6 Å². The SMILES string of the molecule is Cc1cnc2c(c1)nc(CCl)n2CC1(C)CCC1. The van der Waals surface area contributed by atoms with Gasteiger partial charge < -0.3 is 4.57 Å². The number of imidazole rings is 1. The first-order chi connectivity index (χ1) is 8.61. The predicted octanol–water partition coefficient (Wildman–Crippen LogP) is 3.67. The van der Waals surface area contributed by atoms with E-state index < -0.39 is 0 Å². The molecule has 0 spiro atoms. The number of aromatic nitrogens is 3. The van der Waals surface area contributed by atoms with Gasteiger partial charge in [0.15, 0.2) is 5.65 Å². The van der Waals surface area contributed by atoms with Gasteiger partial charge in [0, 0.05) is 12.7 Å². The summed E-state index contributed by atoms with van der Waals surface area (Å²) in [5.74, 6) is 1.39. The summed E-state index contributed by atoms with van der Waals surface area (Å²) in [7, 11) is 0. The van der Waals surface area contributed by atoms with Crippen molar-refractivity contribution in [1.29, 1.82) is 0 Å². The van der Waals surface area contributed by atoms with Crippen molar-refractivity contribution >= 4 is 22.8 Å². The van der Waals surface area contributed by atoms with Gasteiger partial charge in [-0.1, -0.05) is 13.3 Å². The van der Waals surface area contributed by atoms with Gasteiger partial charge in [0.1, 0.15) is 11.3 Å². The molecule has 18 heavy (non-hydrogen) atoms. The molecule has 0 bridgehead atoms. The van der Waals surface area contributed by atoms with Gasteiger partial charge >= 0.3 is 0 Å². The molecule has 1 fully saturated rings. The number of hydrogen-bond donors (Lipinski definition) is 0. The lowest BCUT2D eigenvalue weighted by atomic mass is 9.70. The number of fused-ring (bicyclic) bond motifs is 1. The van der Waals surface area contributed by atoms with Crippen molar-refractivity contribution in [2.24, 2.45) is 5.41 Å². The van der Waals surface area contributed by atoms with E-state index in [-0.39, 0.29) is 0 Å². The second-order valence-electron chi connectivity index (χ2n) is 5.77. The maximum Gasteiger partial charge on any atom is 0.160 e. The van der Waals surface area contributed by atoms with E-state index in [9.17, 15) is 0 Å². The van der Waals surface area contributed by atoms with Gasteiger partial charge in [-0.2, -0.15) is 0 Å². The molecule has 96 valence electrons. The Balaban J connectivity index is 2.07. The summed E-state index contributed by atoms with van der Waals surface area (Å²) in [4.78, 5) is 9.14. The van der Waals surface area contributed by atoms with Crippen molar-refractivity contribution in [2.75, 3.05) is 0 Å². The van der Waals surface area contributed by atoms with Crippen LogP contribution in [0.25, 0.3) is 11.2 Å². The Bertz CT molecular complexity index is 584. The highest BCUT2D eigenvalue weighted by atomic mass is 35.5. The Morgan fingerprint density at radius 3 is 2.83 bits per heavy atom. The number of halogens is 1. The number of alkyl halides is 1. The monoisotopic (exact) mass is 263 g/mol. The molecular weight excluding hydrogens is 246 g/mol. The Kier molecular flexibility index (Phi) is 2.81. The number of aryl methyl sites for hydroxylation is 1. The molecule has 0 N–H and O–H groups in total. The minimum atomic E-state index is 0.404. The van der Waals surface area contributed by atoms with Gasteiger partial charge in [-0.25, -0.2) is 9.97 Å². The first-order valence-electron chi connectivity index (χ1n) is 6.49. The van der Waals surface area contributed by atoms with Crippen molar-refractivity contribution < 1.29 is 0 Å². The van der Waals surface area contributed by atoms with Crippen LogP contribution in [0.3, 0.4) is 0 Å². The molecule has 1 saturated carbocycles. The van der Waals surface area contributed by atoms with Crippen LogP contribution in [-0.4, -0.2) is 14.5 Å². The normalized spacial score (nSPS) is 17.9. The smallest absolute Gasteiger partial charge is 0.160 e. The molecule has 0 aliphatic heterocycles. The van der Waals surface area contributed by atoms with Crippen molar-refractivity contribution in [3.8, 4) is 0 Å². The van der Waals surface area contributed by atoms with Gasteiger partial charge in [-0.05, 0) is 36.8 Å². The zero-order valence-corrected chi connectivity index (χ0v) is 11.7. The zero-order valence-electron chi connectivity index (χ0n) is 10.9. The Morgan fingerprint density at radius 2 is 2.22 bits per heavy atom. The Morgan fingerprint density at radius 1 is 1.44 bits per heavy atom. The van der Waals surface area contributed by atoms with Crippen LogP contribution < -0.4 is 0 Å². The molecule has 3 rings (SSSR count). The second kappa shape index (κ2) is 4.23. The summed E-state index contributed by atoms with van der Waals surface area (Å²) in [6.07, 6.45) is 5.83. The fourth-order valence-corrected chi connectivity index (χ4v) is 2.95. The summed E-state index contributed by atoms with van der Waals surface area (Å²) < 4.78 is 2.21. The molecule has 2 aromatic heterocycles. The van der Waals surface area contributed by atoms with Crippen LogP contribution in [0.2, 0.25) is 0 Å². The fraction of sp³-hybridized carbons (Fsp3) is 0.571. The van der Waals surface area contributed by atoms with Crippen LogP contribution in [0.4, 0.5) is 0 Å². The van der Waals surface area contributed by atoms with Gasteiger partial charge in [0.2, 0.25) is 0 Å². The van der Waals surface area contributed by atoms with E-state index in [1.165, 1.54) is 19.3 Å². The topological polar surface area (TPSA) is 30.7 Å². The maximum absolute atomic E-state index is 6.02. The van der Waals surface area contributed by atoms with E-state index in [0.717, 1.165) is 29.1 Å². The molecule has 0 radical (unpaired) electrons. The summed E-state index contributed by atoms with van der Waals surface area (Å²) in [6, 6.07) is 2.08. The highest BCUT2D eigenvalue weighted by Crippen LogP contribution is 2.42. The average molecular weight is 264 g/mol. The highest BCUT2D eigenvalue weighted by molar-refractivity contribution is 6.16. The third-order valence-electron chi connectivity index (χ3n) is 4.02. The van der Waals surface area contributed by atoms with Gasteiger partial charge in [-0.3, -0.25) is 0 Å². The minimum absolute atomic E-state index is 0.404. The molecule has 2 heterocycles. The first-order valence-corrected chi connectivity index (χ1v) is 7.02. The average Bonchev–Trinajstić information content (AvgIpc) is 2.64. The lowest BCUT2D eigenvalue weighted by Gasteiger charge is -2.38. The summed E-state index contributed by atoms with van der Waals surface area (Å²) >= 11 is 6.02. The molecule has 4 heteroatoms. The van der Waals surface area contributed by atoms with Crippen molar-refractivity contribution in [3.63, 3.8) is 0 Å². The maximum atomic E-state index is 6.02. The third kappa shape index (κ3) is 1.91. The predicted molar refractivity (Wildman–Crippen MR) is 73.8 cm³/mol. The van der Waals surface area contributed by atoms with Crippen LogP contribution in [0.5, 0.6) is 0 Å². The van der Waals surface area contributed by atoms with Crippen molar-refractivity contribution in [2.45, 2.75) is 45.5 Å². The van der Waals surface area contributed by atoms with Gasteiger partial charge in [0.05, 0.1) is 5.88 Å². The standard InChI is InChI=1S/C14H18ClN3/c1-10-6-11-13(16-8-10)18(12(7-15)17-11)9-14(2)4-3-5-14/h6,8H,3-5,7,9H2,1-2H3. The minimum Gasteiger partial charge on any atom is -0.311 e. The molecule has 3 nitrogen and oxygen atoms in total. The highest BCUT2D eigenvalue weighted by Gasteiger charge is 2.33. The van der Waals surface area contributed by atoms with Crippen LogP contribution in [0, 0.1) is 12.3 Å². The molecule has 0 unspecified atom stereocenters. The lowest BCUT2D eigenvalue weighted by Crippen LogP contribution is -2.31. The van der Waals surface area contributed by atoms with Crippen LogP contribution in [0.1, 0.15) is 37.6 Å². The molecule has 0 aromatic carbocycles. The van der Waals surface area contributed by atoms with Gasteiger partial charge in [-0.15, -0.1) is 11.6 Å². The fourth-order valence-electron chi connectivity index (χ4n) is 2.75. The largest absolute Gasteiger partial charge is 0.311 e. The lowest BCUT2D eigenvalue weighted by molar-refractivity contribution is 0.132. The molecule has 1 aliphatic rings. The van der Waals surface area contributed by atoms with E-state index in [1.807, 2.05) is 13.1 Å². The zero-order chi connectivity index (χ0) is 12.8. The molecule has 2 aromatic rings. The molecule has 1 aliphatic carbocycles. The van der Waals surface area contributed by atoms with E-state index in [2.05, 4.69) is 27.5 Å². The number of nitrogens with zero attached hydrogens (tertiary/aromatic N) is 3. The number of hydrogen-bond acceptors (Lipinski definition) is 2. The molecule has 0 amide bonds. The second-order valence-corrected chi connectivity index (χ2v) is 6.03. The first kappa shape index (κ1) is 12.0. The van der Waals surface area contributed by atoms with E-state index in [0.29, 0.717) is 11.3 Å². The molecule has 0 atom stereocenters. The Hall–Kier alpha value is -1.09. The van der Waals surface area contributed by atoms with Crippen LogP contribution in [0.15, 0.2) is 12.3 Å². The molecular formula is C14H18ClN3. The summed E-state index contributed by atoms with van der Waals surface area (Å²) in [5, 5.41) is 0. The van der Waals surface area contributed by atoms with Crippen molar-refractivity contribution in [1.82, 2.24) is 14.5 Å². The third-order valence-corrected chi connectivity index (χ3v) is 4.26. The van der Waals surface area contributed by atoms with E-state index in [1.54, 1.807) is 0 Å². The quantitative estimate of drug-likeness (QED) is 0.791. The van der Waals surface area contributed by atoms with Gasteiger partial charge in [0.25, 0.3) is 0 Å². The van der Waals surface area contributed by atoms with Crippen LogP contribution in [-0.2, 0) is 12.4 Å². The molecule has 0 saturated heterocycles. The van der Waals surface area contributed by atoms with E-state index >= 15 is 0 Å². The number of pyridine rings is 1. The van der Waals surface area contributed by atoms with E-state index in [4.69, 9.17) is 11.6 Å². The Labute approximate surface area is 112 Å². The summed E-state index contributed by atoms with van der Waals surface area (Å²) in [6.45, 7) is 5.37. The number of rotatable bonds is 3. The summed E-state index contributed by atoms with van der Waals surface area (Å²) in [5.41, 5.74) is 3.49.